The van der Waals surface area contributed by atoms with Gasteiger partial charge in [0.25, 0.3) is 0 Å². The molecule has 0 bridgehead atoms. The van der Waals surface area contributed by atoms with Crippen molar-refractivity contribution in [3.8, 4) is 11.1 Å². The van der Waals surface area contributed by atoms with Gasteiger partial charge in [0, 0.05) is 30.4 Å². The lowest BCUT2D eigenvalue weighted by atomic mass is 10.1. The second-order valence-electron chi connectivity index (χ2n) is 6.44. The fraction of sp³-hybridized carbons (Fsp3) is 0.400. The fourth-order valence-corrected chi connectivity index (χ4v) is 3.21. The van der Waals surface area contributed by atoms with E-state index in [9.17, 15) is 4.39 Å². The van der Waals surface area contributed by atoms with Crippen molar-refractivity contribution in [3.05, 3.63) is 47.5 Å². The van der Waals surface area contributed by atoms with Gasteiger partial charge in [-0.1, -0.05) is 26.0 Å². The Morgan fingerprint density at radius 3 is 2.46 bits per heavy atom. The normalized spacial score (nSPS) is 11.5. The van der Waals surface area contributed by atoms with E-state index in [4.69, 9.17) is 0 Å². The summed E-state index contributed by atoms with van der Waals surface area (Å²) in [5, 5.41) is 8.16. The van der Waals surface area contributed by atoms with E-state index in [1.54, 1.807) is 12.1 Å². The molecule has 0 spiro atoms. The number of nitrogens with zero attached hydrogens (tertiary/aromatic N) is 4. The number of likely N-dealkylation sites (N-methyl/N-ethyl adjacent to an activating group) is 1. The van der Waals surface area contributed by atoms with Crippen molar-refractivity contribution in [2.75, 3.05) is 31.5 Å². The summed E-state index contributed by atoms with van der Waals surface area (Å²) in [7, 11) is 0. The highest BCUT2D eigenvalue weighted by Crippen LogP contribution is 2.29. The van der Waals surface area contributed by atoms with Crippen molar-refractivity contribution in [2.24, 2.45) is 0 Å². The predicted molar refractivity (Wildman–Crippen MR) is 104 cm³/mol. The molecule has 0 unspecified atom stereocenters. The third-order valence-electron chi connectivity index (χ3n) is 4.65. The minimum Gasteiger partial charge on any atom is -0.369 e. The number of benzene rings is 1. The molecule has 0 aliphatic carbocycles. The van der Waals surface area contributed by atoms with E-state index in [0.29, 0.717) is 0 Å². The molecule has 3 aromatic rings. The number of aromatic nitrogens is 3. The van der Waals surface area contributed by atoms with Crippen LogP contribution in [0.5, 0.6) is 0 Å². The number of aryl methyl sites for hydroxylation is 2. The van der Waals surface area contributed by atoms with Crippen molar-refractivity contribution >= 4 is 11.5 Å². The third-order valence-corrected chi connectivity index (χ3v) is 4.65. The first kappa shape index (κ1) is 18.3. The fourth-order valence-electron chi connectivity index (χ4n) is 3.21. The summed E-state index contributed by atoms with van der Waals surface area (Å²) in [4.78, 5) is 7.06. The molecule has 0 aliphatic heterocycles. The number of rotatable bonds is 7. The van der Waals surface area contributed by atoms with Gasteiger partial charge in [-0.05, 0) is 44.6 Å². The maximum Gasteiger partial charge on any atom is 0.165 e. The summed E-state index contributed by atoms with van der Waals surface area (Å²) in [5.41, 5.74) is 4.46. The van der Waals surface area contributed by atoms with Crippen LogP contribution in [0.1, 0.15) is 25.2 Å². The molecule has 3 rings (SSSR count). The van der Waals surface area contributed by atoms with E-state index in [2.05, 4.69) is 34.1 Å². The molecule has 2 heterocycles. The Hall–Kier alpha value is -2.47. The maximum absolute atomic E-state index is 13.3. The molecule has 0 atom stereocenters. The summed E-state index contributed by atoms with van der Waals surface area (Å²) < 4.78 is 15.1. The zero-order valence-electron chi connectivity index (χ0n) is 15.9. The predicted octanol–water partition coefficient (Wildman–Crippen LogP) is 3.91. The topological polar surface area (TPSA) is 45.5 Å². The average Bonchev–Trinajstić information content (AvgIpc) is 2.95. The van der Waals surface area contributed by atoms with Gasteiger partial charge < -0.3 is 10.2 Å². The van der Waals surface area contributed by atoms with E-state index < -0.39 is 0 Å². The number of hydrogen-bond acceptors (Lipinski definition) is 4. The Kier molecular flexibility index (Phi) is 5.52. The van der Waals surface area contributed by atoms with Gasteiger partial charge in [0.05, 0.1) is 5.69 Å². The SMILES string of the molecule is CCN(CC)CCNc1cc(C)nc2c(-c3ccc(F)cc3)c(C)nn12. The van der Waals surface area contributed by atoms with Crippen LogP contribution in [0.15, 0.2) is 30.3 Å². The van der Waals surface area contributed by atoms with Crippen LogP contribution < -0.4 is 5.32 Å². The molecule has 1 N–H and O–H groups in total. The smallest absolute Gasteiger partial charge is 0.165 e. The van der Waals surface area contributed by atoms with E-state index in [1.807, 2.05) is 24.4 Å². The van der Waals surface area contributed by atoms with E-state index in [0.717, 1.165) is 60.2 Å². The molecular formula is C20H26FN5. The van der Waals surface area contributed by atoms with E-state index >= 15 is 0 Å². The minimum absolute atomic E-state index is 0.245. The summed E-state index contributed by atoms with van der Waals surface area (Å²) >= 11 is 0. The van der Waals surface area contributed by atoms with Crippen molar-refractivity contribution in [1.82, 2.24) is 19.5 Å². The lowest BCUT2D eigenvalue weighted by Gasteiger charge is -2.18. The Bertz CT molecular complexity index is 881. The Morgan fingerprint density at radius 2 is 1.81 bits per heavy atom. The van der Waals surface area contributed by atoms with Gasteiger partial charge in [-0.25, -0.2) is 9.37 Å². The average molecular weight is 355 g/mol. The molecule has 0 aliphatic rings. The molecule has 2 aromatic heterocycles. The van der Waals surface area contributed by atoms with Crippen molar-refractivity contribution in [3.63, 3.8) is 0 Å². The number of halogens is 1. The lowest BCUT2D eigenvalue weighted by molar-refractivity contribution is 0.316. The molecule has 0 amide bonds. The first-order valence-electron chi connectivity index (χ1n) is 9.12. The van der Waals surface area contributed by atoms with Crippen LogP contribution in [-0.4, -0.2) is 45.7 Å². The molecular weight excluding hydrogens is 329 g/mol. The summed E-state index contributed by atoms with van der Waals surface area (Å²) in [6.45, 7) is 12.2. The van der Waals surface area contributed by atoms with Gasteiger partial charge in [-0.2, -0.15) is 9.61 Å². The highest BCUT2D eigenvalue weighted by atomic mass is 19.1. The third kappa shape index (κ3) is 3.70. The molecule has 1 aromatic carbocycles. The summed E-state index contributed by atoms with van der Waals surface area (Å²) in [6.07, 6.45) is 0. The second kappa shape index (κ2) is 7.83. The van der Waals surface area contributed by atoms with E-state index in [1.165, 1.54) is 12.1 Å². The standard InChI is InChI=1S/C20H26FN5/c1-5-25(6-2)12-11-22-18-13-14(3)23-20-19(15(4)24-26(18)20)16-7-9-17(21)10-8-16/h7-10,13,22H,5-6,11-12H2,1-4H3. The van der Waals surface area contributed by atoms with Crippen molar-refractivity contribution in [1.29, 1.82) is 0 Å². The van der Waals surface area contributed by atoms with Crippen LogP contribution in [0.2, 0.25) is 0 Å². The van der Waals surface area contributed by atoms with Gasteiger partial charge in [-0.3, -0.25) is 0 Å². The quantitative estimate of drug-likeness (QED) is 0.698. The van der Waals surface area contributed by atoms with Gasteiger partial charge in [0.2, 0.25) is 0 Å². The van der Waals surface area contributed by atoms with Crippen LogP contribution in [0.25, 0.3) is 16.8 Å². The molecule has 26 heavy (non-hydrogen) atoms. The highest BCUT2D eigenvalue weighted by Gasteiger charge is 2.16. The second-order valence-corrected chi connectivity index (χ2v) is 6.44. The summed E-state index contributed by atoms with van der Waals surface area (Å²) in [6, 6.07) is 8.50. The molecule has 5 nitrogen and oxygen atoms in total. The van der Waals surface area contributed by atoms with Crippen LogP contribution in [0.3, 0.4) is 0 Å². The Morgan fingerprint density at radius 1 is 1.12 bits per heavy atom. The number of nitrogens with one attached hydrogen (secondary N) is 1. The van der Waals surface area contributed by atoms with Crippen LogP contribution in [0.4, 0.5) is 10.2 Å². The van der Waals surface area contributed by atoms with Gasteiger partial charge in [0.1, 0.15) is 11.6 Å². The molecule has 138 valence electrons. The van der Waals surface area contributed by atoms with Crippen LogP contribution in [-0.2, 0) is 0 Å². The Labute approximate surface area is 153 Å². The number of anilines is 1. The van der Waals surface area contributed by atoms with Crippen molar-refractivity contribution in [2.45, 2.75) is 27.7 Å². The highest BCUT2D eigenvalue weighted by molar-refractivity contribution is 5.80. The molecule has 0 fully saturated rings. The van der Waals surface area contributed by atoms with Gasteiger partial charge in [0.15, 0.2) is 5.65 Å². The summed E-state index contributed by atoms with van der Waals surface area (Å²) in [5.74, 6) is 0.682. The molecule has 0 saturated carbocycles. The van der Waals surface area contributed by atoms with Gasteiger partial charge in [-0.15, -0.1) is 0 Å². The number of fused-ring (bicyclic) bond motifs is 1. The lowest BCUT2D eigenvalue weighted by Crippen LogP contribution is -2.29. The zero-order chi connectivity index (χ0) is 18.7. The monoisotopic (exact) mass is 355 g/mol. The maximum atomic E-state index is 13.3. The molecule has 0 saturated heterocycles. The van der Waals surface area contributed by atoms with Crippen molar-refractivity contribution < 1.29 is 4.39 Å². The van der Waals surface area contributed by atoms with Crippen LogP contribution in [0, 0.1) is 19.7 Å². The first-order chi connectivity index (χ1) is 12.5. The zero-order valence-corrected chi connectivity index (χ0v) is 15.9. The molecule has 0 radical (unpaired) electrons. The largest absolute Gasteiger partial charge is 0.369 e. The Balaban J connectivity index is 1.96. The first-order valence-corrected chi connectivity index (χ1v) is 9.12. The van der Waals surface area contributed by atoms with Gasteiger partial charge >= 0.3 is 0 Å². The minimum atomic E-state index is -0.245. The number of hydrogen-bond donors (Lipinski definition) is 1. The molecule has 6 heteroatoms. The van der Waals surface area contributed by atoms with E-state index in [-0.39, 0.29) is 5.82 Å². The van der Waals surface area contributed by atoms with Crippen LogP contribution >= 0.6 is 0 Å².